The van der Waals surface area contributed by atoms with Crippen LogP contribution < -0.4 is 5.32 Å². The van der Waals surface area contributed by atoms with Crippen LogP contribution >= 0.6 is 11.3 Å². The summed E-state index contributed by atoms with van der Waals surface area (Å²) in [4.78, 5) is 7.28. The highest BCUT2D eigenvalue weighted by molar-refractivity contribution is 7.09. The van der Waals surface area contributed by atoms with Gasteiger partial charge in [-0.25, -0.2) is 4.98 Å². The van der Waals surface area contributed by atoms with E-state index in [1.165, 1.54) is 10.7 Å². The summed E-state index contributed by atoms with van der Waals surface area (Å²) < 4.78 is 0. The van der Waals surface area contributed by atoms with Crippen LogP contribution in [0, 0.1) is 0 Å². The normalized spacial score (nSPS) is 17.5. The molecule has 3 nitrogen and oxygen atoms in total. The Morgan fingerprint density at radius 2 is 2.18 bits per heavy atom. The number of rotatable bonds is 4. The van der Waals surface area contributed by atoms with E-state index < -0.39 is 0 Å². The predicted octanol–water partition coefficient (Wildman–Crippen LogP) is 2.23. The first-order valence-electron chi connectivity index (χ1n) is 6.40. The molecule has 2 heterocycles. The van der Waals surface area contributed by atoms with Crippen molar-refractivity contribution < 1.29 is 0 Å². The SMILES string of the molecule is CCN(Cc1nc(C(C)(C)C)cs1)C1CNC1. The molecule has 1 aromatic rings. The van der Waals surface area contributed by atoms with Crippen LogP contribution in [0.25, 0.3) is 0 Å². The van der Waals surface area contributed by atoms with Gasteiger partial charge in [0.15, 0.2) is 0 Å². The number of likely N-dealkylation sites (N-methyl/N-ethyl adjacent to an activating group) is 1. The molecule has 1 saturated heterocycles. The molecule has 0 aliphatic carbocycles. The standard InChI is InChI=1S/C13H23N3S/c1-5-16(10-6-14-7-10)8-12-15-11(9-17-12)13(2,3)4/h9-10,14H,5-8H2,1-4H3. The molecular weight excluding hydrogens is 230 g/mol. The number of aromatic nitrogens is 1. The highest BCUT2D eigenvalue weighted by Crippen LogP contribution is 2.25. The van der Waals surface area contributed by atoms with Gasteiger partial charge in [0.05, 0.1) is 12.2 Å². The molecule has 1 aromatic heterocycles. The first kappa shape index (κ1) is 13.0. The Balaban J connectivity index is 2.00. The minimum Gasteiger partial charge on any atom is -0.314 e. The average Bonchev–Trinajstić information content (AvgIpc) is 2.61. The lowest BCUT2D eigenvalue weighted by molar-refractivity contribution is 0.145. The number of hydrogen-bond donors (Lipinski definition) is 1. The van der Waals surface area contributed by atoms with Crippen LogP contribution in [0.5, 0.6) is 0 Å². The molecule has 1 fully saturated rings. The molecule has 0 amide bonds. The van der Waals surface area contributed by atoms with E-state index in [1.807, 2.05) is 0 Å². The van der Waals surface area contributed by atoms with Gasteiger partial charge in [0.1, 0.15) is 5.01 Å². The van der Waals surface area contributed by atoms with Crippen LogP contribution in [0.15, 0.2) is 5.38 Å². The van der Waals surface area contributed by atoms with Crippen molar-refractivity contribution in [3.05, 3.63) is 16.1 Å². The second kappa shape index (κ2) is 5.04. The summed E-state index contributed by atoms with van der Waals surface area (Å²) in [5, 5.41) is 6.80. The Kier molecular flexibility index (Phi) is 3.85. The minimum atomic E-state index is 0.170. The van der Waals surface area contributed by atoms with Gasteiger partial charge in [0.25, 0.3) is 0 Å². The van der Waals surface area contributed by atoms with Gasteiger partial charge in [-0.05, 0) is 6.54 Å². The van der Waals surface area contributed by atoms with Gasteiger partial charge in [-0.3, -0.25) is 4.90 Å². The van der Waals surface area contributed by atoms with Crippen molar-refractivity contribution in [2.45, 2.75) is 45.7 Å². The lowest BCUT2D eigenvalue weighted by atomic mass is 9.93. The third kappa shape index (κ3) is 3.06. The van der Waals surface area contributed by atoms with Crippen molar-refractivity contribution in [3.63, 3.8) is 0 Å². The molecule has 0 bridgehead atoms. The molecule has 0 unspecified atom stereocenters. The quantitative estimate of drug-likeness (QED) is 0.892. The lowest BCUT2D eigenvalue weighted by Crippen LogP contribution is -2.56. The van der Waals surface area contributed by atoms with E-state index >= 15 is 0 Å². The largest absolute Gasteiger partial charge is 0.314 e. The van der Waals surface area contributed by atoms with Crippen LogP contribution in [0.4, 0.5) is 0 Å². The second-order valence-corrected chi connectivity index (χ2v) is 6.69. The van der Waals surface area contributed by atoms with Crippen LogP contribution in [0.2, 0.25) is 0 Å². The fraction of sp³-hybridized carbons (Fsp3) is 0.769. The van der Waals surface area contributed by atoms with Gasteiger partial charge in [-0.1, -0.05) is 27.7 Å². The molecule has 1 aliphatic rings. The summed E-state index contributed by atoms with van der Waals surface area (Å²) in [5.74, 6) is 0. The maximum absolute atomic E-state index is 4.77. The van der Waals surface area contributed by atoms with E-state index in [0.29, 0.717) is 6.04 Å². The molecule has 1 N–H and O–H groups in total. The van der Waals surface area contributed by atoms with Gasteiger partial charge in [-0.15, -0.1) is 11.3 Å². The number of nitrogens with one attached hydrogen (secondary N) is 1. The maximum atomic E-state index is 4.77. The van der Waals surface area contributed by atoms with E-state index in [-0.39, 0.29) is 5.41 Å². The lowest BCUT2D eigenvalue weighted by Gasteiger charge is -2.37. The summed E-state index contributed by atoms with van der Waals surface area (Å²) >= 11 is 1.80. The Hall–Kier alpha value is -0.450. The topological polar surface area (TPSA) is 28.2 Å². The smallest absolute Gasteiger partial charge is 0.107 e. The van der Waals surface area contributed by atoms with Crippen molar-refractivity contribution in [2.24, 2.45) is 0 Å². The molecule has 0 radical (unpaired) electrons. The molecule has 0 aromatic carbocycles. The number of hydrogen-bond acceptors (Lipinski definition) is 4. The summed E-state index contributed by atoms with van der Waals surface area (Å²) in [7, 11) is 0. The Labute approximate surface area is 108 Å². The summed E-state index contributed by atoms with van der Waals surface area (Å²) in [6.45, 7) is 13.3. The van der Waals surface area contributed by atoms with E-state index in [9.17, 15) is 0 Å². The van der Waals surface area contributed by atoms with Crippen LogP contribution in [-0.2, 0) is 12.0 Å². The van der Waals surface area contributed by atoms with E-state index in [0.717, 1.165) is 26.2 Å². The average molecular weight is 253 g/mol. The van der Waals surface area contributed by atoms with Crippen LogP contribution in [0.3, 0.4) is 0 Å². The first-order valence-corrected chi connectivity index (χ1v) is 7.28. The molecule has 0 saturated carbocycles. The molecule has 2 rings (SSSR count). The molecule has 96 valence electrons. The van der Waals surface area contributed by atoms with Crippen molar-refractivity contribution in [1.82, 2.24) is 15.2 Å². The highest BCUT2D eigenvalue weighted by Gasteiger charge is 2.24. The number of thiazole rings is 1. The fourth-order valence-electron chi connectivity index (χ4n) is 1.93. The monoisotopic (exact) mass is 253 g/mol. The minimum absolute atomic E-state index is 0.170. The van der Waals surface area contributed by atoms with Gasteiger partial charge in [0, 0.05) is 29.9 Å². The molecule has 17 heavy (non-hydrogen) atoms. The summed E-state index contributed by atoms with van der Waals surface area (Å²) in [6, 6.07) is 0.710. The van der Waals surface area contributed by atoms with Crippen LogP contribution in [0.1, 0.15) is 38.4 Å². The predicted molar refractivity (Wildman–Crippen MR) is 73.6 cm³/mol. The van der Waals surface area contributed by atoms with E-state index in [4.69, 9.17) is 4.98 Å². The van der Waals surface area contributed by atoms with Gasteiger partial charge >= 0.3 is 0 Å². The van der Waals surface area contributed by atoms with Crippen molar-refractivity contribution >= 4 is 11.3 Å². The van der Waals surface area contributed by atoms with Crippen LogP contribution in [-0.4, -0.2) is 35.6 Å². The Morgan fingerprint density at radius 1 is 1.47 bits per heavy atom. The van der Waals surface area contributed by atoms with Crippen molar-refractivity contribution in [3.8, 4) is 0 Å². The van der Waals surface area contributed by atoms with E-state index in [1.54, 1.807) is 11.3 Å². The summed E-state index contributed by atoms with van der Waals surface area (Å²) in [6.07, 6.45) is 0. The van der Waals surface area contributed by atoms with Gasteiger partial charge in [-0.2, -0.15) is 0 Å². The second-order valence-electron chi connectivity index (χ2n) is 5.75. The third-order valence-corrected chi connectivity index (χ3v) is 4.17. The Bertz CT molecular complexity index is 363. The molecule has 0 atom stereocenters. The van der Waals surface area contributed by atoms with Crippen molar-refractivity contribution in [1.29, 1.82) is 0 Å². The maximum Gasteiger partial charge on any atom is 0.107 e. The highest BCUT2D eigenvalue weighted by atomic mass is 32.1. The molecule has 0 spiro atoms. The van der Waals surface area contributed by atoms with E-state index in [2.05, 4.69) is 43.3 Å². The zero-order valence-corrected chi connectivity index (χ0v) is 12.1. The Morgan fingerprint density at radius 3 is 2.59 bits per heavy atom. The third-order valence-electron chi connectivity index (χ3n) is 3.34. The van der Waals surface area contributed by atoms with Gasteiger partial charge < -0.3 is 5.32 Å². The molecular formula is C13H23N3S. The summed E-state index contributed by atoms with van der Waals surface area (Å²) in [5.41, 5.74) is 1.39. The molecule has 4 heteroatoms. The molecule has 1 aliphatic heterocycles. The van der Waals surface area contributed by atoms with Crippen molar-refractivity contribution in [2.75, 3.05) is 19.6 Å². The fourth-order valence-corrected chi connectivity index (χ4v) is 2.98. The zero-order valence-electron chi connectivity index (χ0n) is 11.3. The first-order chi connectivity index (χ1) is 8.00. The van der Waals surface area contributed by atoms with Gasteiger partial charge in [0.2, 0.25) is 0 Å². The zero-order chi connectivity index (χ0) is 12.5. The number of nitrogens with zero attached hydrogens (tertiary/aromatic N) is 2.